The molecule has 0 spiro atoms. The van der Waals surface area contributed by atoms with E-state index in [4.69, 9.17) is 5.73 Å². The minimum atomic E-state index is -0.0559. The van der Waals surface area contributed by atoms with E-state index in [2.05, 4.69) is 37.5 Å². The molecule has 0 aromatic carbocycles. The summed E-state index contributed by atoms with van der Waals surface area (Å²) in [7, 11) is 0. The Balaban J connectivity index is 2.05. The summed E-state index contributed by atoms with van der Waals surface area (Å²) in [4.78, 5) is 20.6. The second-order valence-corrected chi connectivity index (χ2v) is 5.46. The molecule has 94 valence electrons. The summed E-state index contributed by atoms with van der Waals surface area (Å²) >= 11 is 2.06. The smallest absolute Gasteiger partial charge is 0.266 e. The van der Waals surface area contributed by atoms with E-state index in [1.807, 2.05) is 0 Å². The van der Waals surface area contributed by atoms with E-state index in [0.717, 1.165) is 50.6 Å². The van der Waals surface area contributed by atoms with Crippen LogP contribution in [0.1, 0.15) is 19.3 Å². The second-order valence-electron chi connectivity index (χ2n) is 4.38. The number of nitrogens with one attached hydrogen (secondary N) is 1. The van der Waals surface area contributed by atoms with Gasteiger partial charge >= 0.3 is 0 Å². The quantitative estimate of drug-likeness (QED) is 0.798. The van der Waals surface area contributed by atoms with Gasteiger partial charge in [-0.15, -0.1) is 0 Å². The molecular formula is C11H17IN4O. The number of hydrogen-bond donors (Lipinski definition) is 2. The Hall–Kier alpha value is -0.630. The molecule has 1 aromatic rings. The van der Waals surface area contributed by atoms with Gasteiger partial charge in [-0.3, -0.25) is 4.79 Å². The van der Waals surface area contributed by atoms with E-state index in [1.165, 1.54) is 6.33 Å². The van der Waals surface area contributed by atoms with Crippen LogP contribution < -0.4 is 16.2 Å². The van der Waals surface area contributed by atoms with Crippen LogP contribution in [0, 0.1) is 9.49 Å². The summed E-state index contributed by atoms with van der Waals surface area (Å²) in [6.45, 7) is 2.71. The van der Waals surface area contributed by atoms with Crippen molar-refractivity contribution in [3.8, 4) is 0 Å². The lowest BCUT2D eigenvalue weighted by Crippen LogP contribution is -2.36. The Morgan fingerprint density at radius 1 is 1.53 bits per heavy atom. The topological polar surface area (TPSA) is 75.0 Å². The highest BCUT2D eigenvalue weighted by Crippen LogP contribution is 2.24. The first-order valence-electron chi connectivity index (χ1n) is 5.90. The Morgan fingerprint density at radius 3 is 2.88 bits per heavy atom. The van der Waals surface area contributed by atoms with Crippen molar-refractivity contribution in [3.05, 3.63) is 20.3 Å². The van der Waals surface area contributed by atoms with Crippen LogP contribution in [0.5, 0.6) is 0 Å². The fourth-order valence-electron chi connectivity index (χ4n) is 2.26. The third-order valence-electron chi connectivity index (χ3n) is 3.27. The van der Waals surface area contributed by atoms with Gasteiger partial charge in [0.05, 0.1) is 6.33 Å². The number of nitrogens with two attached hydrogens (primary N) is 1. The standard InChI is InChI=1S/C11H17IN4O/c12-9-10(14-7-15-11(9)17)16-5-2-8(1-4-13)3-6-16/h7-8H,1-6,13H2,(H,14,15,17). The van der Waals surface area contributed by atoms with E-state index >= 15 is 0 Å². The summed E-state index contributed by atoms with van der Waals surface area (Å²) in [6.07, 6.45) is 4.86. The molecule has 2 rings (SSSR count). The van der Waals surface area contributed by atoms with Crippen LogP contribution in [0.2, 0.25) is 0 Å². The number of anilines is 1. The van der Waals surface area contributed by atoms with E-state index in [-0.39, 0.29) is 5.56 Å². The number of aromatic nitrogens is 2. The number of rotatable bonds is 3. The highest BCUT2D eigenvalue weighted by molar-refractivity contribution is 14.1. The van der Waals surface area contributed by atoms with Crippen molar-refractivity contribution < 1.29 is 0 Å². The molecule has 1 saturated heterocycles. The van der Waals surface area contributed by atoms with Crippen LogP contribution in [-0.4, -0.2) is 29.6 Å². The van der Waals surface area contributed by atoms with Crippen molar-refractivity contribution in [2.75, 3.05) is 24.5 Å². The first-order valence-corrected chi connectivity index (χ1v) is 6.98. The van der Waals surface area contributed by atoms with Crippen molar-refractivity contribution in [1.29, 1.82) is 0 Å². The van der Waals surface area contributed by atoms with Gasteiger partial charge in [0.15, 0.2) is 0 Å². The van der Waals surface area contributed by atoms with Gasteiger partial charge in [-0.1, -0.05) is 0 Å². The van der Waals surface area contributed by atoms with Crippen molar-refractivity contribution in [1.82, 2.24) is 9.97 Å². The molecule has 0 bridgehead atoms. The maximum Gasteiger partial charge on any atom is 0.266 e. The van der Waals surface area contributed by atoms with E-state index in [1.54, 1.807) is 0 Å². The minimum Gasteiger partial charge on any atom is -0.356 e. The molecule has 0 unspecified atom stereocenters. The van der Waals surface area contributed by atoms with E-state index in [0.29, 0.717) is 3.57 Å². The Kier molecular flexibility index (Phi) is 4.38. The predicted molar refractivity (Wildman–Crippen MR) is 76.2 cm³/mol. The van der Waals surface area contributed by atoms with Crippen molar-refractivity contribution in [2.45, 2.75) is 19.3 Å². The third kappa shape index (κ3) is 2.98. The van der Waals surface area contributed by atoms with Crippen molar-refractivity contribution >= 4 is 28.4 Å². The number of H-pyrrole nitrogens is 1. The average molecular weight is 348 g/mol. The van der Waals surface area contributed by atoms with Gasteiger partial charge < -0.3 is 15.6 Å². The molecule has 1 aliphatic heterocycles. The maximum absolute atomic E-state index is 11.5. The first-order chi connectivity index (χ1) is 8.22. The number of hydrogen-bond acceptors (Lipinski definition) is 4. The summed E-state index contributed by atoms with van der Waals surface area (Å²) < 4.78 is 0.683. The first kappa shape index (κ1) is 12.8. The van der Waals surface area contributed by atoms with E-state index in [9.17, 15) is 4.79 Å². The highest BCUT2D eigenvalue weighted by Gasteiger charge is 2.21. The summed E-state index contributed by atoms with van der Waals surface area (Å²) in [6, 6.07) is 0. The van der Waals surface area contributed by atoms with Crippen LogP contribution in [-0.2, 0) is 0 Å². The average Bonchev–Trinajstić information content (AvgIpc) is 2.34. The lowest BCUT2D eigenvalue weighted by atomic mass is 9.94. The number of halogens is 1. The molecule has 3 N–H and O–H groups in total. The molecule has 1 aromatic heterocycles. The van der Waals surface area contributed by atoms with Crippen LogP contribution in [0.25, 0.3) is 0 Å². The highest BCUT2D eigenvalue weighted by atomic mass is 127. The molecule has 1 fully saturated rings. The monoisotopic (exact) mass is 348 g/mol. The zero-order valence-corrected chi connectivity index (χ0v) is 11.8. The summed E-state index contributed by atoms with van der Waals surface area (Å²) in [5, 5.41) is 0. The second kappa shape index (κ2) is 5.81. The van der Waals surface area contributed by atoms with E-state index < -0.39 is 0 Å². The molecule has 5 nitrogen and oxygen atoms in total. The Labute approximate surface area is 114 Å². The Bertz CT molecular complexity index is 426. The lowest BCUT2D eigenvalue weighted by Gasteiger charge is -2.32. The third-order valence-corrected chi connectivity index (χ3v) is 4.24. The van der Waals surface area contributed by atoms with Crippen LogP contribution in [0.3, 0.4) is 0 Å². The summed E-state index contributed by atoms with van der Waals surface area (Å²) in [5.74, 6) is 1.55. The van der Waals surface area contributed by atoms with Gasteiger partial charge in [-0.2, -0.15) is 0 Å². The molecule has 0 aliphatic carbocycles. The van der Waals surface area contributed by atoms with Gasteiger partial charge in [0.25, 0.3) is 5.56 Å². The number of nitrogens with zero attached hydrogens (tertiary/aromatic N) is 2. The predicted octanol–water partition coefficient (Wildman–Crippen LogP) is 0.940. The minimum absolute atomic E-state index is 0.0559. The molecule has 0 saturated carbocycles. The SMILES string of the molecule is NCCC1CCN(c2nc[nH]c(=O)c2I)CC1. The fraction of sp³-hybridized carbons (Fsp3) is 0.636. The van der Waals surface area contributed by atoms with Crippen LogP contribution >= 0.6 is 22.6 Å². The molecule has 0 amide bonds. The largest absolute Gasteiger partial charge is 0.356 e. The van der Waals surface area contributed by atoms with Gasteiger partial charge in [0, 0.05) is 13.1 Å². The molecular weight excluding hydrogens is 331 g/mol. The Morgan fingerprint density at radius 2 is 2.24 bits per heavy atom. The molecule has 0 atom stereocenters. The van der Waals surface area contributed by atoms with Crippen molar-refractivity contribution in [3.63, 3.8) is 0 Å². The lowest BCUT2D eigenvalue weighted by molar-refractivity contribution is 0.385. The maximum atomic E-state index is 11.5. The molecule has 6 heteroatoms. The molecule has 2 heterocycles. The van der Waals surface area contributed by atoms with Crippen LogP contribution in [0.4, 0.5) is 5.82 Å². The van der Waals surface area contributed by atoms with Gasteiger partial charge in [0.2, 0.25) is 0 Å². The van der Waals surface area contributed by atoms with Gasteiger partial charge in [0.1, 0.15) is 9.39 Å². The number of aromatic amines is 1. The molecule has 1 aliphatic rings. The fourth-order valence-corrected chi connectivity index (χ4v) is 2.90. The van der Waals surface area contributed by atoms with Crippen LogP contribution in [0.15, 0.2) is 11.1 Å². The molecule has 17 heavy (non-hydrogen) atoms. The van der Waals surface area contributed by atoms with Gasteiger partial charge in [-0.25, -0.2) is 4.98 Å². The summed E-state index contributed by atoms with van der Waals surface area (Å²) in [5.41, 5.74) is 5.52. The van der Waals surface area contributed by atoms with Crippen molar-refractivity contribution in [2.24, 2.45) is 11.7 Å². The zero-order valence-electron chi connectivity index (χ0n) is 9.66. The zero-order chi connectivity index (χ0) is 12.3. The van der Waals surface area contributed by atoms with Gasteiger partial charge in [-0.05, 0) is 54.3 Å². The normalized spacial score (nSPS) is 17.4. The number of piperidine rings is 1. The molecule has 0 radical (unpaired) electrons.